The SMILES string of the molecule is N[C@H](CCc1nnc(-c2ccc3cnc(F)cc3c2)s1)Cc1ccc(C(F)(F)F)cc1. The smallest absolute Gasteiger partial charge is 0.327 e. The Morgan fingerprint density at radius 2 is 1.74 bits per heavy atom. The van der Waals surface area contributed by atoms with Gasteiger partial charge in [-0.2, -0.15) is 17.6 Å². The zero-order valence-electron chi connectivity index (χ0n) is 16.2. The predicted molar refractivity (Wildman–Crippen MR) is 112 cm³/mol. The third kappa shape index (κ3) is 5.23. The number of alkyl halides is 3. The molecule has 0 radical (unpaired) electrons. The highest BCUT2D eigenvalue weighted by Gasteiger charge is 2.29. The molecule has 0 amide bonds. The standard InChI is InChI=1S/C22H18F4N4S/c23-19-11-16-10-14(3-4-15(16)12-28-19)21-30-29-20(31-21)8-7-18(27)9-13-1-5-17(6-2-13)22(24,25)26/h1-6,10-12,18H,7-9,27H2/t18-/m1/s1. The molecule has 1 atom stereocenters. The Hall–Kier alpha value is -2.91. The zero-order valence-corrected chi connectivity index (χ0v) is 17.1. The summed E-state index contributed by atoms with van der Waals surface area (Å²) in [5.41, 5.74) is 7.10. The Morgan fingerprint density at radius 1 is 0.968 bits per heavy atom. The molecule has 0 spiro atoms. The molecule has 31 heavy (non-hydrogen) atoms. The lowest BCUT2D eigenvalue weighted by Crippen LogP contribution is -2.23. The molecule has 2 N–H and O–H groups in total. The Kier molecular flexibility index (Phi) is 5.97. The van der Waals surface area contributed by atoms with Crippen LogP contribution in [0.1, 0.15) is 22.6 Å². The van der Waals surface area contributed by atoms with E-state index in [2.05, 4.69) is 15.2 Å². The first-order valence-corrected chi connectivity index (χ1v) is 10.4. The maximum absolute atomic E-state index is 13.4. The van der Waals surface area contributed by atoms with Crippen molar-refractivity contribution >= 4 is 22.1 Å². The Labute approximate surface area is 179 Å². The molecular weight excluding hydrogens is 428 g/mol. The van der Waals surface area contributed by atoms with Crippen LogP contribution in [0.15, 0.2) is 54.7 Å². The van der Waals surface area contributed by atoms with Gasteiger partial charge in [0.05, 0.1) is 5.56 Å². The summed E-state index contributed by atoms with van der Waals surface area (Å²) in [5, 5.41) is 11.6. The maximum atomic E-state index is 13.4. The van der Waals surface area contributed by atoms with Gasteiger partial charge in [-0.25, -0.2) is 4.98 Å². The number of aromatic nitrogens is 3. The fourth-order valence-corrected chi connectivity index (χ4v) is 4.11. The molecule has 2 aromatic heterocycles. The maximum Gasteiger partial charge on any atom is 0.416 e. The van der Waals surface area contributed by atoms with Gasteiger partial charge in [-0.05, 0) is 42.0 Å². The fourth-order valence-electron chi connectivity index (χ4n) is 3.26. The summed E-state index contributed by atoms with van der Waals surface area (Å²) in [6.07, 6.45) is -1.13. The second-order valence-corrected chi connectivity index (χ2v) is 8.33. The second-order valence-electron chi connectivity index (χ2n) is 7.27. The zero-order chi connectivity index (χ0) is 22.0. The summed E-state index contributed by atoms with van der Waals surface area (Å²) in [6, 6.07) is 11.8. The van der Waals surface area contributed by atoms with Gasteiger partial charge in [0, 0.05) is 35.7 Å². The van der Waals surface area contributed by atoms with Crippen LogP contribution in [0.25, 0.3) is 21.3 Å². The number of fused-ring (bicyclic) bond motifs is 1. The number of benzene rings is 2. The number of hydrogen-bond acceptors (Lipinski definition) is 5. The summed E-state index contributed by atoms with van der Waals surface area (Å²) in [4.78, 5) is 3.65. The van der Waals surface area contributed by atoms with Gasteiger partial charge in [-0.1, -0.05) is 35.6 Å². The molecule has 4 nitrogen and oxygen atoms in total. The highest BCUT2D eigenvalue weighted by Crippen LogP contribution is 2.30. The molecule has 0 saturated heterocycles. The van der Waals surface area contributed by atoms with Crippen molar-refractivity contribution in [3.8, 4) is 10.6 Å². The topological polar surface area (TPSA) is 64.7 Å². The highest BCUT2D eigenvalue weighted by atomic mass is 32.1. The van der Waals surface area contributed by atoms with Gasteiger partial charge in [0.2, 0.25) is 5.95 Å². The van der Waals surface area contributed by atoms with Crippen molar-refractivity contribution in [2.45, 2.75) is 31.5 Å². The van der Waals surface area contributed by atoms with E-state index in [-0.39, 0.29) is 6.04 Å². The molecule has 9 heteroatoms. The van der Waals surface area contributed by atoms with Crippen molar-refractivity contribution in [3.63, 3.8) is 0 Å². The van der Waals surface area contributed by atoms with E-state index in [4.69, 9.17) is 5.73 Å². The number of rotatable bonds is 6. The van der Waals surface area contributed by atoms with Crippen molar-refractivity contribution in [3.05, 3.63) is 76.8 Å². The molecule has 0 aliphatic carbocycles. The lowest BCUT2D eigenvalue weighted by Gasteiger charge is -2.12. The first-order chi connectivity index (χ1) is 14.8. The van der Waals surface area contributed by atoms with Crippen molar-refractivity contribution in [2.24, 2.45) is 5.73 Å². The molecule has 2 heterocycles. The van der Waals surface area contributed by atoms with E-state index in [9.17, 15) is 17.6 Å². The Morgan fingerprint density at radius 3 is 2.48 bits per heavy atom. The molecule has 0 aliphatic heterocycles. The summed E-state index contributed by atoms with van der Waals surface area (Å²) in [6.45, 7) is 0. The van der Waals surface area contributed by atoms with Gasteiger partial charge in [0.25, 0.3) is 0 Å². The van der Waals surface area contributed by atoms with Crippen LogP contribution in [0, 0.1) is 5.95 Å². The highest BCUT2D eigenvalue weighted by molar-refractivity contribution is 7.14. The van der Waals surface area contributed by atoms with Gasteiger partial charge in [0.15, 0.2) is 0 Å². The number of pyridine rings is 1. The normalized spacial score (nSPS) is 12.9. The minimum Gasteiger partial charge on any atom is -0.327 e. The largest absolute Gasteiger partial charge is 0.416 e. The average molecular weight is 446 g/mol. The molecule has 4 aromatic rings. The van der Waals surface area contributed by atoms with Crippen LogP contribution in [0.3, 0.4) is 0 Å². The van der Waals surface area contributed by atoms with Crippen LogP contribution in [0.4, 0.5) is 17.6 Å². The first kappa shape index (κ1) is 21.3. The van der Waals surface area contributed by atoms with Gasteiger partial charge >= 0.3 is 6.18 Å². The molecule has 0 saturated carbocycles. The van der Waals surface area contributed by atoms with E-state index in [0.717, 1.165) is 44.0 Å². The molecular formula is C22H18F4N4S. The van der Waals surface area contributed by atoms with Crippen LogP contribution >= 0.6 is 11.3 Å². The van der Waals surface area contributed by atoms with Gasteiger partial charge in [-0.3, -0.25) is 0 Å². The minimum absolute atomic E-state index is 0.208. The third-order valence-corrected chi connectivity index (χ3v) is 5.94. The van der Waals surface area contributed by atoms with E-state index in [1.165, 1.54) is 35.7 Å². The average Bonchev–Trinajstić information content (AvgIpc) is 3.20. The lowest BCUT2D eigenvalue weighted by molar-refractivity contribution is -0.137. The summed E-state index contributed by atoms with van der Waals surface area (Å²) >= 11 is 1.44. The quantitative estimate of drug-likeness (QED) is 0.318. The lowest BCUT2D eigenvalue weighted by atomic mass is 10.0. The first-order valence-electron chi connectivity index (χ1n) is 9.58. The molecule has 0 bridgehead atoms. The number of hydrogen-bond donors (Lipinski definition) is 1. The van der Waals surface area contributed by atoms with Crippen molar-refractivity contribution in [1.82, 2.24) is 15.2 Å². The van der Waals surface area contributed by atoms with Crippen molar-refractivity contribution in [1.29, 1.82) is 0 Å². The summed E-state index contributed by atoms with van der Waals surface area (Å²) < 4.78 is 51.3. The molecule has 0 unspecified atom stereocenters. The van der Waals surface area contributed by atoms with E-state index in [0.29, 0.717) is 19.3 Å². The van der Waals surface area contributed by atoms with E-state index < -0.39 is 17.7 Å². The third-order valence-electron chi connectivity index (χ3n) is 4.91. The second kappa shape index (κ2) is 8.68. The fraction of sp³-hybridized carbons (Fsp3) is 0.227. The summed E-state index contributed by atoms with van der Waals surface area (Å²) in [5.74, 6) is -0.537. The number of halogens is 4. The molecule has 4 rings (SSSR count). The minimum atomic E-state index is -4.34. The summed E-state index contributed by atoms with van der Waals surface area (Å²) in [7, 11) is 0. The molecule has 160 valence electrons. The van der Waals surface area contributed by atoms with Crippen molar-refractivity contribution in [2.75, 3.05) is 0 Å². The number of nitrogens with zero attached hydrogens (tertiary/aromatic N) is 3. The molecule has 0 fully saturated rings. The van der Waals surface area contributed by atoms with E-state index in [1.807, 2.05) is 18.2 Å². The van der Waals surface area contributed by atoms with Crippen LogP contribution in [0.5, 0.6) is 0 Å². The van der Waals surface area contributed by atoms with E-state index in [1.54, 1.807) is 0 Å². The van der Waals surface area contributed by atoms with Crippen LogP contribution in [-0.2, 0) is 19.0 Å². The van der Waals surface area contributed by atoms with Gasteiger partial charge in [-0.15, -0.1) is 10.2 Å². The number of nitrogens with two attached hydrogens (primary N) is 1. The van der Waals surface area contributed by atoms with Gasteiger partial charge in [0.1, 0.15) is 10.0 Å². The van der Waals surface area contributed by atoms with Crippen molar-refractivity contribution < 1.29 is 17.6 Å². The van der Waals surface area contributed by atoms with Gasteiger partial charge < -0.3 is 5.73 Å². The van der Waals surface area contributed by atoms with Crippen LogP contribution in [-0.4, -0.2) is 21.2 Å². The predicted octanol–water partition coefficient (Wildman–Crippen LogP) is 5.41. The molecule has 0 aliphatic rings. The Balaban J connectivity index is 1.37. The molecule has 2 aromatic carbocycles. The van der Waals surface area contributed by atoms with E-state index >= 15 is 0 Å². The Bertz CT molecular complexity index is 1190. The monoisotopic (exact) mass is 446 g/mol. The van der Waals surface area contributed by atoms with Crippen LogP contribution in [0.2, 0.25) is 0 Å². The number of aryl methyl sites for hydroxylation is 1. The van der Waals surface area contributed by atoms with Crippen LogP contribution < -0.4 is 5.73 Å².